The fourth-order valence-corrected chi connectivity index (χ4v) is 2.29. The summed E-state index contributed by atoms with van der Waals surface area (Å²) in [5.41, 5.74) is 3.99. The molecule has 4 N–H and O–H groups in total. The molecule has 1 aliphatic rings. The first-order valence-electron chi connectivity index (χ1n) is 6.80. The Labute approximate surface area is 118 Å². The molecule has 0 aliphatic carbocycles. The highest BCUT2D eigenvalue weighted by atomic mass is 16.4. The summed E-state index contributed by atoms with van der Waals surface area (Å²) >= 11 is 0. The molecule has 7 nitrogen and oxygen atoms in total. The molecule has 3 amide bonds. The van der Waals surface area contributed by atoms with Crippen molar-refractivity contribution in [1.29, 1.82) is 0 Å². The van der Waals surface area contributed by atoms with Crippen LogP contribution in [-0.4, -0.2) is 46.0 Å². The van der Waals surface area contributed by atoms with Gasteiger partial charge in [-0.15, -0.1) is 0 Å². The van der Waals surface area contributed by atoms with Crippen molar-refractivity contribution in [3.8, 4) is 0 Å². The normalized spacial score (nSPS) is 23.2. The Hall–Kier alpha value is -1.79. The number of carbonyl (C=O) groups is 3. The van der Waals surface area contributed by atoms with Gasteiger partial charge >= 0.3 is 12.0 Å². The van der Waals surface area contributed by atoms with E-state index in [0.717, 1.165) is 12.8 Å². The van der Waals surface area contributed by atoms with Crippen molar-refractivity contribution in [3.05, 3.63) is 0 Å². The molecular formula is C13H23N3O4. The molecule has 1 aliphatic heterocycles. The average molecular weight is 285 g/mol. The minimum Gasteiger partial charge on any atom is -0.480 e. The molecule has 0 radical (unpaired) electrons. The van der Waals surface area contributed by atoms with Crippen molar-refractivity contribution in [2.45, 2.75) is 51.6 Å². The van der Waals surface area contributed by atoms with Crippen LogP contribution in [-0.2, 0) is 9.59 Å². The van der Waals surface area contributed by atoms with Gasteiger partial charge < -0.3 is 21.1 Å². The van der Waals surface area contributed by atoms with E-state index >= 15 is 0 Å². The SMILES string of the molecule is CCC1CCN(C(=O)NC(C)(C)C(N)=O)C(C(=O)O)C1. The lowest BCUT2D eigenvalue weighted by atomic mass is 9.89. The number of piperidine rings is 1. The molecule has 0 saturated carbocycles. The molecule has 7 heteroatoms. The average Bonchev–Trinajstić information content (AvgIpc) is 2.37. The Bertz CT molecular complexity index is 408. The van der Waals surface area contributed by atoms with Crippen LogP contribution in [0.25, 0.3) is 0 Å². The Morgan fingerprint density at radius 3 is 2.45 bits per heavy atom. The summed E-state index contributed by atoms with van der Waals surface area (Å²) in [5, 5.41) is 11.8. The number of carbonyl (C=O) groups excluding carboxylic acids is 2. The number of nitrogens with zero attached hydrogens (tertiary/aromatic N) is 1. The molecule has 0 aromatic rings. The zero-order valence-electron chi connectivity index (χ0n) is 12.2. The fraction of sp³-hybridized carbons (Fsp3) is 0.769. The number of carboxylic acids is 1. The van der Waals surface area contributed by atoms with E-state index in [9.17, 15) is 19.5 Å². The number of aliphatic carboxylic acids is 1. The fourth-order valence-electron chi connectivity index (χ4n) is 2.29. The maximum atomic E-state index is 12.2. The molecule has 1 fully saturated rings. The van der Waals surface area contributed by atoms with Gasteiger partial charge in [0.1, 0.15) is 11.6 Å². The van der Waals surface area contributed by atoms with E-state index in [1.54, 1.807) is 0 Å². The second-order valence-electron chi connectivity index (χ2n) is 5.77. The lowest BCUT2D eigenvalue weighted by Crippen LogP contribution is -2.60. The Kier molecular flexibility index (Phi) is 4.97. The summed E-state index contributed by atoms with van der Waals surface area (Å²) in [6.07, 6.45) is 2.10. The largest absolute Gasteiger partial charge is 0.480 e. The minimum atomic E-state index is -1.21. The molecule has 1 saturated heterocycles. The number of nitrogens with one attached hydrogen (secondary N) is 1. The first-order chi connectivity index (χ1) is 9.19. The van der Waals surface area contributed by atoms with Gasteiger partial charge in [-0.25, -0.2) is 9.59 Å². The first-order valence-corrected chi connectivity index (χ1v) is 6.80. The van der Waals surface area contributed by atoms with Crippen molar-refractivity contribution in [2.24, 2.45) is 11.7 Å². The molecule has 0 bridgehead atoms. The van der Waals surface area contributed by atoms with E-state index in [4.69, 9.17) is 5.73 Å². The molecule has 114 valence electrons. The van der Waals surface area contributed by atoms with Crippen LogP contribution in [0.1, 0.15) is 40.0 Å². The topological polar surface area (TPSA) is 113 Å². The molecular weight excluding hydrogens is 262 g/mol. The number of urea groups is 1. The molecule has 2 atom stereocenters. The number of rotatable bonds is 4. The van der Waals surface area contributed by atoms with Gasteiger partial charge in [-0.3, -0.25) is 4.79 Å². The van der Waals surface area contributed by atoms with E-state index < -0.39 is 29.5 Å². The summed E-state index contributed by atoms with van der Waals surface area (Å²) in [6.45, 7) is 5.36. The highest BCUT2D eigenvalue weighted by molar-refractivity contribution is 5.90. The van der Waals surface area contributed by atoms with Gasteiger partial charge in [-0.05, 0) is 32.6 Å². The van der Waals surface area contributed by atoms with Crippen LogP contribution in [0.5, 0.6) is 0 Å². The van der Waals surface area contributed by atoms with Crippen LogP contribution in [0.3, 0.4) is 0 Å². The van der Waals surface area contributed by atoms with Gasteiger partial charge in [0.05, 0.1) is 0 Å². The summed E-state index contributed by atoms with van der Waals surface area (Å²) in [5.74, 6) is -1.37. The third-order valence-electron chi connectivity index (χ3n) is 3.87. The predicted octanol–water partition coefficient (Wildman–Crippen LogP) is 0.535. The van der Waals surface area contributed by atoms with Crippen molar-refractivity contribution in [2.75, 3.05) is 6.54 Å². The first kappa shape index (κ1) is 16.3. The summed E-state index contributed by atoms with van der Waals surface area (Å²) < 4.78 is 0. The maximum Gasteiger partial charge on any atom is 0.326 e. The van der Waals surface area contributed by atoms with Gasteiger partial charge in [0.2, 0.25) is 5.91 Å². The Morgan fingerprint density at radius 1 is 1.40 bits per heavy atom. The van der Waals surface area contributed by atoms with Gasteiger partial charge in [-0.1, -0.05) is 13.3 Å². The minimum absolute atomic E-state index is 0.310. The lowest BCUT2D eigenvalue weighted by Gasteiger charge is -2.38. The van der Waals surface area contributed by atoms with Gasteiger partial charge in [-0.2, -0.15) is 0 Å². The van der Waals surface area contributed by atoms with Crippen LogP contribution in [0, 0.1) is 5.92 Å². The molecule has 1 heterocycles. The van der Waals surface area contributed by atoms with Crippen LogP contribution in [0.2, 0.25) is 0 Å². The predicted molar refractivity (Wildman–Crippen MR) is 72.9 cm³/mol. The third kappa shape index (κ3) is 3.61. The third-order valence-corrected chi connectivity index (χ3v) is 3.87. The van der Waals surface area contributed by atoms with E-state index in [0.29, 0.717) is 18.9 Å². The van der Waals surface area contributed by atoms with E-state index in [-0.39, 0.29) is 0 Å². The second kappa shape index (κ2) is 6.11. The molecule has 1 rings (SSSR count). The van der Waals surface area contributed by atoms with Crippen LogP contribution in [0.15, 0.2) is 0 Å². The Morgan fingerprint density at radius 2 is 2.00 bits per heavy atom. The Balaban J connectivity index is 2.80. The number of primary amides is 1. The zero-order chi connectivity index (χ0) is 15.5. The second-order valence-corrected chi connectivity index (χ2v) is 5.77. The van der Waals surface area contributed by atoms with Crippen LogP contribution >= 0.6 is 0 Å². The molecule has 0 spiro atoms. The number of amides is 3. The van der Waals surface area contributed by atoms with Crippen LogP contribution < -0.4 is 11.1 Å². The number of hydrogen-bond donors (Lipinski definition) is 3. The molecule has 0 aromatic carbocycles. The number of hydrogen-bond acceptors (Lipinski definition) is 3. The van der Waals surface area contributed by atoms with E-state index in [1.165, 1.54) is 18.7 Å². The van der Waals surface area contributed by atoms with E-state index in [2.05, 4.69) is 5.32 Å². The monoisotopic (exact) mass is 285 g/mol. The molecule has 2 unspecified atom stereocenters. The zero-order valence-corrected chi connectivity index (χ0v) is 12.2. The van der Waals surface area contributed by atoms with Gasteiger partial charge in [0, 0.05) is 6.54 Å². The quantitative estimate of drug-likeness (QED) is 0.699. The number of likely N-dealkylation sites (tertiary alicyclic amines) is 1. The van der Waals surface area contributed by atoms with Crippen molar-refractivity contribution in [3.63, 3.8) is 0 Å². The van der Waals surface area contributed by atoms with E-state index in [1.807, 2.05) is 6.92 Å². The molecule has 0 aromatic heterocycles. The molecule has 20 heavy (non-hydrogen) atoms. The van der Waals surface area contributed by atoms with Crippen LogP contribution in [0.4, 0.5) is 4.79 Å². The standard InChI is InChI=1S/C13H23N3O4/c1-4-8-5-6-16(9(7-8)10(17)18)12(20)15-13(2,3)11(14)19/h8-9H,4-7H2,1-3H3,(H2,14,19)(H,15,20)(H,17,18). The highest BCUT2D eigenvalue weighted by Gasteiger charge is 2.38. The number of nitrogens with two attached hydrogens (primary N) is 1. The van der Waals surface area contributed by atoms with Gasteiger partial charge in [0.15, 0.2) is 0 Å². The smallest absolute Gasteiger partial charge is 0.326 e. The number of carboxylic acid groups (broad SMARTS) is 1. The van der Waals surface area contributed by atoms with Crippen molar-refractivity contribution < 1.29 is 19.5 Å². The summed E-state index contributed by atoms with van der Waals surface area (Å²) in [4.78, 5) is 36.0. The van der Waals surface area contributed by atoms with Crippen molar-refractivity contribution >= 4 is 17.9 Å². The summed E-state index contributed by atoms with van der Waals surface area (Å²) in [7, 11) is 0. The lowest BCUT2D eigenvalue weighted by molar-refractivity contribution is -0.144. The van der Waals surface area contributed by atoms with Gasteiger partial charge in [0.25, 0.3) is 0 Å². The van der Waals surface area contributed by atoms with Crippen molar-refractivity contribution in [1.82, 2.24) is 10.2 Å². The summed E-state index contributed by atoms with van der Waals surface area (Å²) in [6, 6.07) is -1.41. The maximum absolute atomic E-state index is 12.2. The highest BCUT2D eigenvalue weighted by Crippen LogP contribution is 2.25.